The Hall–Kier alpha value is -3.55. The van der Waals surface area contributed by atoms with Gasteiger partial charge in [0.05, 0.1) is 29.5 Å². The number of nitrogens with one attached hydrogen (secondary N) is 1. The summed E-state index contributed by atoms with van der Waals surface area (Å²) in [5.41, 5.74) is 3.46. The van der Waals surface area contributed by atoms with Crippen LogP contribution in [0.2, 0.25) is 0 Å². The van der Waals surface area contributed by atoms with Crippen molar-refractivity contribution < 1.29 is 4.39 Å². The molecule has 1 aliphatic heterocycles. The van der Waals surface area contributed by atoms with Crippen molar-refractivity contribution in [2.45, 2.75) is 38.8 Å². The third-order valence-corrected chi connectivity index (χ3v) is 5.58. The van der Waals surface area contributed by atoms with Crippen LogP contribution in [0.15, 0.2) is 55.2 Å². The first-order valence-electron chi connectivity index (χ1n) is 10.6. The lowest BCUT2D eigenvalue weighted by molar-refractivity contribution is 0.451. The van der Waals surface area contributed by atoms with Crippen molar-refractivity contribution in [2.75, 3.05) is 11.9 Å². The number of benzene rings is 1. The van der Waals surface area contributed by atoms with Gasteiger partial charge in [-0.2, -0.15) is 0 Å². The Kier molecular flexibility index (Phi) is 5.19. The molecule has 3 aromatic heterocycles. The van der Waals surface area contributed by atoms with Gasteiger partial charge in [0.15, 0.2) is 0 Å². The van der Waals surface area contributed by atoms with Crippen molar-refractivity contribution in [1.82, 2.24) is 29.1 Å². The van der Waals surface area contributed by atoms with Gasteiger partial charge in [0.1, 0.15) is 11.6 Å². The van der Waals surface area contributed by atoms with Crippen LogP contribution < -0.4 is 5.32 Å². The fourth-order valence-corrected chi connectivity index (χ4v) is 4.15. The topological polar surface area (TPSA) is 73.5 Å². The van der Waals surface area contributed by atoms with E-state index in [1.165, 1.54) is 12.1 Å². The second kappa shape index (κ2) is 8.29. The standard InChI is InChI=1S/C23H24FN7/c1-2-10-26-23-27-11-9-19(28-23)22-21(16-3-5-17(24)6-4-16)29-20-8-7-18(31(20)22)14-30-13-12-25-15-30/h3-6,9,11-13,15,18H,2,7-8,10,14H2,1H3,(H,26,27,28). The maximum Gasteiger partial charge on any atom is 0.223 e. The summed E-state index contributed by atoms with van der Waals surface area (Å²) in [6.45, 7) is 3.72. The van der Waals surface area contributed by atoms with Crippen LogP contribution in [0.3, 0.4) is 0 Å². The molecule has 1 unspecified atom stereocenters. The molecule has 4 aromatic rings. The van der Waals surface area contributed by atoms with E-state index in [9.17, 15) is 4.39 Å². The van der Waals surface area contributed by atoms with Gasteiger partial charge in [-0.1, -0.05) is 6.92 Å². The van der Waals surface area contributed by atoms with Crippen LogP contribution in [0.4, 0.5) is 10.3 Å². The van der Waals surface area contributed by atoms with Crippen molar-refractivity contribution in [3.05, 3.63) is 66.9 Å². The molecule has 0 saturated carbocycles. The lowest BCUT2D eigenvalue weighted by Gasteiger charge is -2.18. The second-order valence-electron chi connectivity index (χ2n) is 7.75. The van der Waals surface area contributed by atoms with Gasteiger partial charge in [0, 0.05) is 43.7 Å². The first-order valence-corrected chi connectivity index (χ1v) is 10.6. The summed E-state index contributed by atoms with van der Waals surface area (Å²) in [5, 5.41) is 3.26. The normalized spacial score (nSPS) is 15.2. The molecule has 0 aliphatic carbocycles. The number of rotatable bonds is 7. The maximum absolute atomic E-state index is 13.6. The predicted molar refractivity (Wildman–Crippen MR) is 117 cm³/mol. The monoisotopic (exact) mass is 417 g/mol. The van der Waals surface area contributed by atoms with E-state index in [1.54, 1.807) is 24.5 Å². The fourth-order valence-electron chi connectivity index (χ4n) is 4.15. The second-order valence-corrected chi connectivity index (χ2v) is 7.75. The third-order valence-electron chi connectivity index (χ3n) is 5.58. The number of hydrogen-bond acceptors (Lipinski definition) is 5. The molecule has 0 spiro atoms. The minimum atomic E-state index is -0.261. The summed E-state index contributed by atoms with van der Waals surface area (Å²) >= 11 is 0. The van der Waals surface area contributed by atoms with Crippen LogP contribution in [-0.4, -0.2) is 35.6 Å². The van der Waals surface area contributed by atoms with Crippen molar-refractivity contribution in [1.29, 1.82) is 0 Å². The minimum absolute atomic E-state index is 0.239. The number of fused-ring (bicyclic) bond motifs is 1. The molecule has 0 bridgehead atoms. The maximum atomic E-state index is 13.6. The average Bonchev–Trinajstić information content (AvgIpc) is 3.51. The zero-order chi connectivity index (χ0) is 21.2. The highest BCUT2D eigenvalue weighted by molar-refractivity contribution is 5.78. The first kappa shape index (κ1) is 19.4. The fraction of sp³-hybridized carbons (Fsp3) is 0.304. The molecule has 4 heterocycles. The van der Waals surface area contributed by atoms with Gasteiger partial charge in [-0.3, -0.25) is 0 Å². The average molecular weight is 417 g/mol. The number of halogens is 1. The van der Waals surface area contributed by atoms with E-state index in [4.69, 9.17) is 9.97 Å². The van der Waals surface area contributed by atoms with Gasteiger partial charge in [0.2, 0.25) is 5.95 Å². The Bertz CT molecular complexity index is 1170. The highest BCUT2D eigenvalue weighted by atomic mass is 19.1. The molecule has 1 aliphatic rings. The predicted octanol–water partition coefficient (Wildman–Crippen LogP) is 4.35. The molecule has 31 heavy (non-hydrogen) atoms. The smallest absolute Gasteiger partial charge is 0.223 e. The van der Waals surface area contributed by atoms with E-state index in [1.807, 2.05) is 18.6 Å². The molecule has 0 fully saturated rings. The summed E-state index contributed by atoms with van der Waals surface area (Å²) < 4.78 is 18.0. The Labute approximate surface area is 180 Å². The molecule has 5 rings (SSSR count). The molecule has 0 amide bonds. The molecule has 8 heteroatoms. The third kappa shape index (κ3) is 3.81. The van der Waals surface area contributed by atoms with Gasteiger partial charge in [-0.25, -0.2) is 24.3 Å². The molecule has 1 atom stereocenters. The molecular weight excluding hydrogens is 393 g/mol. The SMILES string of the molecule is CCCNc1nccc(-c2c(-c3ccc(F)cc3)nc3n2C(Cn2ccnc2)CC3)n1. The number of anilines is 1. The summed E-state index contributed by atoms with van der Waals surface area (Å²) in [5.74, 6) is 1.37. The lowest BCUT2D eigenvalue weighted by atomic mass is 10.1. The zero-order valence-electron chi connectivity index (χ0n) is 17.4. The van der Waals surface area contributed by atoms with E-state index < -0.39 is 0 Å². The van der Waals surface area contributed by atoms with Crippen molar-refractivity contribution in [3.8, 4) is 22.6 Å². The van der Waals surface area contributed by atoms with Crippen LogP contribution in [-0.2, 0) is 13.0 Å². The number of hydrogen-bond donors (Lipinski definition) is 1. The van der Waals surface area contributed by atoms with Gasteiger partial charge in [0.25, 0.3) is 0 Å². The molecule has 1 N–H and O–H groups in total. The molecule has 158 valence electrons. The van der Waals surface area contributed by atoms with Crippen LogP contribution in [0.25, 0.3) is 22.6 Å². The Balaban J connectivity index is 1.63. The van der Waals surface area contributed by atoms with Gasteiger partial charge < -0.3 is 14.5 Å². The quantitative estimate of drug-likeness (QED) is 0.484. The largest absolute Gasteiger partial charge is 0.354 e. The van der Waals surface area contributed by atoms with Gasteiger partial charge >= 0.3 is 0 Å². The summed E-state index contributed by atoms with van der Waals surface area (Å²) in [6.07, 6.45) is 10.3. The molecule has 0 saturated heterocycles. The molecule has 0 radical (unpaired) electrons. The van der Waals surface area contributed by atoms with Crippen LogP contribution in [0, 0.1) is 5.82 Å². The van der Waals surface area contributed by atoms with E-state index >= 15 is 0 Å². The van der Waals surface area contributed by atoms with Crippen LogP contribution in [0.5, 0.6) is 0 Å². The molecule has 7 nitrogen and oxygen atoms in total. The van der Waals surface area contributed by atoms with Crippen LogP contribution >= 0.6 is 0 Å². The zero-order valence-corrected chi connectivity index (χ0v) is 17.4. The van der Waals surface area contributed by atoms with E-state index in [0.29, 0.717) is 5.95 Å². The Morgan fingerprint density at radius 3 is 2.77 bits per heavy atom. The number of aryl methyl sites for hydroxylation is 1. The molecular formula is C23H24FN7. The van der Waals surface area contributed by atoms with E-state index in [2.05, 4.69) is 31.3 Å². The van der Waals surface area contributed by atoms with Gasteiger partial charge in [-0.15, -0.1) is 0 Å². The van der Waals surface area contributed by atoms with E-state index in [-0.39, 0.29) is 11.9 Å². The molecule has 1 aromatic carbocycles. The highest BCUT2D eigenvalue weighted by Crippen LogP contribution is 2.39. The van der Waals surface area contributed by atoms with Crippen molar-refractivity contribution >= 4 is 5.95 Å². The lowest BCUT2D eigenvalue weighted by Crippen LogP contribution is -2.13. The van der Waals surface area contributed by atoms with Crippen LogP contribution in [0.1, 0.15) is 31.6 Å². The summed E-state index contributed by atoms with van der Waals surface area (Å²) in [7, 11) is 0. The van der Waals surface area contributed by atoms with Crippen molar-refractivity contribution in [2.24, 2.45) is 0 Å². The van der Waals surface area contributed by atoms with Crippen molar-refractivity contribution in [3.63, 3.8) is 0 Å². The van der Waals surface area contributed by atoms with Gasteiger partial charge in [-0.05, 0) is 43.2 Å². The highest BCUT2D eigenvalue weighted by Gasteiger charge is 2.31. The number of imidazole rings is 2. The summed E-state index contributed by atoms with van der Waals surface area (Å²) in [6, 6.07) is 8.66. The Morgan fingerprint density at radius 2 is 2.00 bits per heavy atom. The van der Waals surface area contributed by atoms with E-state index in [0.717, 1.165) is 60.8 Å². The number of nitrogens with zero attached hydrogens (tertiary/aromatic N) is 6. The first-order chi connectivity index (χ1) is 15.2. The minimum Gasteiger partial charge on any atom is -0.354 e. The Morgan fingerprint density at radius 1 is 1.13 bits per heavy atom. The number of aromatic nitrogens is 6. The summed E-state index contributed by atoms with van der Waals surface area (Å²) in [4.78, 5) is 18.3.